The number of hydrogen-bond acceptors (Lipinski definition) is 3. The number of nitrogens with zero attached hydrogens (tertiary/aromatic N) is 2. The predicted octanol–water partition coefficient (Wildman–Crippen LogP) is 3.70. The Labute approximate surface area is 110 Å². The molecule has 0 saturated heterocycles. The molecule has 0 atom stereocenters. The molecule has 17 heavy (non-hydrogen) atoms. The molecule has 2 rings (SSSR count). The van der Waals surface area contributed by atoms with Crippen LogP contribution in [0.4, 0.5) is 5.82 Å². The number of furan rings is 1. The first kappa shape index (κ1) is 12.3. The van der Waals surface area contributed by atoms with Crippen LogP contribution in [0.25, 0.3) is 0 Å². The molecular weight excluding hydrogens is 259 g/mol. The average molecular weight is 271 g/mol. The molecule has 2 aromatic heterocycles. The van der Waals surface area contributed by atoms with Gasteiger partial charge < -0.3 is 9.32 Å². The van der Waals surface area contributed by atoms with E-state index in [0.717, 1.165) is 16.9 Å². The summed E-state index contributed by atoms with van der Waals surface area (Å²) < 4.78 is 5.02. The van der Waals surface area contributed by atoms with Gasteiger partial charge in [-0.15, -0.1) is 11.6 Å². The van der Waals surface area contributed by atoms with E-state index in [-0.39, 0.29) is 0 Å². The highest BCUT2D eigenvalue weighted by molar-refractivity contribution is 6.33. The van der Waals surface area contributed by atoms with E-state index in [2.05, 4.69) is 4.98 Å². The fourth-order valence-electron chi connectivity index (χ4n) is 1.56. The second kappa shape index (κ2) is 5.43. The Morgan fingerprint density at radius 3 is 2.82 bits per heavy atom. The topological polar surface area (TPSA) is 29.3 Å². The van der Waals surface area contributed by atoms with Crippen LogP contribution in [0.5, 0.6) is 0 Å². The zero-order chi connectivity index (χ0) is 12.3. The van der Waals surface area contributed by atoms with E-state index >= 15 is 0 Å². The van der Waals surface area contributed by atoms with Crippen molar-refractivity contribution < 1.29 is 4.42 Å². The molecular formula is C12H12Cl2N2O. The first-order chi connectivity index (χ1) is 8.20. The van der Waals surface area contributed by atoms with Gasteiger partial charge in [-0.3, -0.25) is 0 Å². The predicted molar refractivity (Wildman–Crippen MR) is 69.6 cm³/mol. The number of pyridine rings is 1. The summed E-state index contributed by atoms with van der Waals surface area (Å²) in [6.07, 6.45) is 5.09. The maximum Gasteiger partial charge on any atom is 0.147 e. The van der Waals surface area contributed by atoms with Crippen molar-refractivity contribution in [2.45, 2.75) is 12.4 Å². The highest BCUT2D eigenvalue weighted by atomic mass is 35.5. The van der Waals surface area contributed by atoms with Gasteiger partial charge in [-0.1, -0.05) is 11.6 Å². The molecule has 0 N–H and O–H groups in total. The molecule has 0 radical (unpaired) electrons. The molecule has 0 amide bonds. The van der Waals surface area contributed by atoms with E-state index in [0.29, 0.717) is 17.4 Å². The van der Waals surface area contributed by atoms with Crippen molar-refractivity contribution in [1.29, 1.82) is 0 Å². The number of hydrogen-bond donors (Lipinski definition) is 0. The Morgan fingerprint density at radius 2 is 2.24 bits per heavy atom. The van der Waals surface area contributed by atoms with Crippen LogP contribution < -0.4 is 4.90 Å². The zero-order valence-electron chi connectivity index (χ0n) is 9.36. The van der Waals surface area contributed by atoms with Crippen LogP contribution in [0.2, 0.25) is 5.02 Å². The number of aromatic nitrogens is 1. The van der Waals surface area contributed by atoms with Gasteiger partial charge in [0.2, 0.25) is 0 Å². The van der Waals surface area contributed by atoms with E-state index in [1.54, 1.807) is 18.7 Å². The van der Waals surface area contributed by atoms with E-state index in [4.69, 9.17) is 27.6 Å². The van der Waals surface area contributed by atoms with Gasteiger partial charge in [0.15, 0.2) is 0 Å². The van der Waals surface area contributed by atoms with Crippen LogP contribution in [0, 0.1) is 0 Å². The van der Waals surface area contributed by atoms with Gasteiger partial charge in [-0.2, -0.15) is 0 Å². The summed E-state index contributed by atoms with van der Waals surface area (Å²) in [7, 11) is 1.93. The van der Waals surface area contributed by atoms with Gasteiger partial charge in [0, 0.05) is 31.2 Å². The standard InChI is InChI=1S/C12H12Cl2N2O/c1-16(7-9-2-3-17-8-9)12-11(14)4-10(5-13)6-15-12/h2-4,6,8H,5,7H2,1H3. The lowest BCUT2D eigenvalue weighted by atomic mass is 10.3. The van der Waals surface area contributed by atoms with Crippen molar-refractivity contribution in [2.75, 3.05) is 11.9 Å². The van der Waals surface area contributed by atoms with Crippen molar-refractivity contribution in [3.8, 4) is 0 Å². The van der Waals surface area contributed by atoms with Crippen LogP contribution >= 0.6 is 23.2 Å². The maximum atomic E-state index is 6.16. The van der Waals surface area contributed by atoms with E-state index in [1.165, 1.54) is 0 Å². The molecule has 0 saturated carbocycles. The molecule has 0 aliphatic carbocycles. The van der Waals surface area contributed by atoms with Crippen molar-refractivity contribution in [2.24, 2.45) is 0 Å². The lowest BCUT2D eigenvalue weighted by Gasteiger charge is -2.18. The van der Waals surface area contributed by atoms with Crippen LogP contribution in [0.3, 0.4) is 0 Å². The molecule has 0 spiro atoms. The summed E-state index contributed by atoms with van der Waals surface area (Å²) in [5.74, 6) is 1.15. The monoisotopic (exact) mass is 270 g/mol. The van der Waals surface area contributed by atoms with Crippen molar-refractivity contribution >= 4 is 29.0 Å². The van der Waals surface area contributed by atoms with Crippen LogP contribution in [0.1, 0.15) is 11.1 Å². The van der Waals surface area contributed by atoms with Crippen molar-refractivity contribution in [3.63, 3.8) is 0 Å². The highest BCUT2D eigenvalue weighted by Gasteiger charge is 2.09. The Kier molecular flexibility index (Phi) is 3.92. The maximum absolute atomic E-state index is 6.16. The molecule has 2 heterocycles. The summed E-state index contributed by atoms with van der Waals surface area (Å²) in [5, 5.41) is 0.606. The molecule has 2 aromatic rings. The highest BCUT2D eigenvalue weighted by Crippen LogP contribution is 2.25. The SMILES string of the molecule is CN(Cc1ccoc1)c1ncc(CCl)cc1Cl. The Bertz CT molecular complexity index is 485. The normalized spacial score (nSPS) is 10.5. The Balaban J connectivity index is 2.16. The molecule has 0 bridgehead atoms. The summed E-state index contributed by atoms with van der Waals surface area (Å²) in [4.78, 5) is 6.27. The van der Waals surface area contributed by atoms with Gasteiger partial charge >= 0.3 is 0 Å². The quantitative estimate of drug-likeness (QED) is 0.794. The van der Waals surface area contributed by atoms with E-state index < -0.39 is 0 Å². The number of halogens is 2. The van der Waals surface area contributed by atoms with Gasteiger partial charge in [-0.25, -0.2) is 4.98 Å². The van der Waals surface area contributed by atoms with Crippen LogP contribution in [-0.4, -0.2) is 12.0 Å². The lowest BCUT2D eigenvalue weighted by molar-refractivity contribution is 0.563. The van der Waals surface area contributed by atoms with Crippen LogP contribution in [0.15, 0.2) is 35.3 Å². The van der Waals surface area contributed by atoms with Gasteiger partial charge in [0.25, 0.3) is 0 Å². The molecule has 3 nitrogen and oxygen atoms in total. The molecule has 5 heteroatoms. The smallest absolute Gasteiger partial charge is 0.147 e. The summed E-state index contributed by atoms with van der Waals surface area (Å²) in [6, 6.07) is 3.75. The van der Waals surface area contributed by atoms with E-state index in [9.17, 15) is 0 Å². The van der Waals surface area contributed by atoms with Crippen LogP contribution in [-0.2, 0) is 12.4 Å². The Morgan fingerprint density at radius 1 is 1.41 bits per heavy atom. The van der Waals surface area contributed by atoms with Crippen molar-refractivity contribution in [1.82, 2.24) is 4.98 Å². The molecule has 0 fully saturated rings. The molecule has 0 aliphatic rings. The molecule has 0 unspecified atom stereocenters. The molecule has 0 aromatic carbocycles. The van der Waals surface area contributed by atoms with Gasteiger partial charge in [-0.05, 0) is 17.7 Å². The number of rotatable bonds is 4. The van der Waals surface area contributed by atoms with Crippen molar-refractivity contribution in [3.05, 3.63) is 47.0 Å². The van der Waals surface area contributed by atoms with Gasteiger partial charge in [0.05, 0.1) is 17.5 Å². The zero-order valence-corrected chi connectivity index (χ0v) is 10.9. The summed E-state index contributed by atoms with van der Waals surface area (Å²) in [5.41, 5.74) is 1.99. The fraction of sp³-hybridized carbons (Fsp3) is 0.250. The minimum absolute atomic E-state index is 0.415. The largest absolute Gasteiger partial charge is 0.472 e. The van der Waals surface area contributed by atoms with E-state index in [1.807, 2.05) is 24.1 Å². The summed E-state index contributed by atoms with van der Waals surface area (Å²) in [6.45, 7) is 0.698. The fourth-order valence-corrected chi connectivity index (χ4v) is 2.04. The number of anilines is 1. The average Bonchev–Trinajstić information content (AvgIpc) is 2.81. The first-order valence-electron chi connectivity index (χ1n) is 5.13. The second-order valence-corrected chi connectivity index (χ2v) is 4.44. The lowest BCUT2D eigenvalue weighted by Crippen LogP contribution is -2.17. The Hall–Kier alpha value is -1.19. The second-order valence-electron chi connectivity index (χ2n) is 3.77. The summed E-state index contributed by atoms with van der Waals surface area (Å²) >= 11 is 11.9. The molecule has 0 aliphatic heterocycles. The first-order valence-corrected chi connectivity index (χ1v) is 6.04. The third-order valence-corrected chi connectivity index (χ3v) is 2.98. The minimum Gasteiger partial charge on any atom is -0.472 e. The van der Waals surface area contributed by atoms with Gasteiger partial charge in [0.1, 0.15) is 5.82 Å². The minimum atomic E-state index is 0.415. The third-order valence-electron chi connectivity index (χ3n) is 2.39. The number of alkyl halides is 1. The third kappa shape index (κ3) is 2.93. The molecule has 90 valence electrons.